The Labute approximate surface area is 201 Å². The molecule has 0 fully saturated rings. The fourth-order valence-corrected chi connectivity index (χ4v) is 3.68. The van der Waals surface area contributed by atoms with Crippen molar-refractivity contribution in [2.45, 2.75) is 6.42 Å². The lowest BCUT2D eigenvalue weighted by atomic mass is 10.0. The molecule has 0 saturated heterocycles. The van der Waals surface area contributed by atoms with Crippen molar-refractivity contribution in [2.75, 3.05) is 7.11 Å². The van der Waals surface area contributed by atoms with Gasteiger partial charge in [0.1, 0.15) is 0 Å². The molecule has 0 aliphatic carbocycles. The normalized spacial score (nSPS) is 10.9. The Hall–Kier alpha value is -4.16. The average molecular weight is 473 g/mol. The molecule has 4 rings (SSSR count). The van der Waals surface area contributed by atoms with E-state index in [1.54, 1.807) is 42.5 Å². The fraction of sp³-hybridized carbons (Fsp3) is 0.0741. The number of nitrogens with zero attached hydrogens (tertiary/aromatic N) is 1. The molecule has 7 heteroatoms. The number of hydrazone groups is 1. The Morgan fingerprint density at radius 2 is 1.71 bits per heavy atom. The summed E-state index contributed by atoms with van der Waals surface area (Å²) in [6.07, 6.45) is 1.70. The molecule has 170 valence electrons. The van der Waals surface area contributed by atoms with E-state index in [1.165, 1.54) is 13.3 Å². The van der Waals surface area contributed by atoms with Crippen LogP contribution in [0, 0.1) is 0 Å². The summed E-state index contributed by atoms with van der Waals surface area (Å²) in [5.41, 5.74) is 4.38. The van der Waals surface area contributed by atoms with E-state index in [1.807, 2.05) is 42.5 Å². The maximum absolute atomic E-state index is 12.4. The zero-order valence-electron chi connectivity index (χ0n) is 18.3. The number of esters is 1. The summed E-state index contributed by atoms with van der Waals surface area (Å²) in [6, 6.07) is 25.4. The van der Waals surface area contributed by atoms with Crippen molar-refractivity contribution in [3.05, 3.63) is 107 Å². The molecule has 0 bridgehead atoms. The van der Waals surface area contributed by atoms with Crippen LogP contribution in [0.1, 0.15) is 21.5 Å². The van der Waals surface area contributed by atoms with Crippen LogP contribution in [0.15, 0.2) is 90.0 Å². The highest BCUT2D eigenvalue weighted by Crippen LogP contribution is 2.29. The Morgan fingerprint density at radius 1 is 0.941 bits per heavy atom. The van der Waals surface area contributed by atoms with E-state index in [0.29, 0.717) is 16.3 Å². The quantitative estimate of drug-likeness (QED) is 0.169. The van der Waals surface area contributed by atoms with Crippen molar-refractivity contribution in [1.29, 1.82) is 0 Å². The van der Waals surface area contributed by atoms with Crippen molar-refractivity contribution in [3.63, 3.8) is 0 Å². The van der Waals surface area contributed by atoms with Crippen molar-refractivity contribution in [1.82, 2.24) is 5.43 Å². The van der Waals surface area contributed by atoms with Gasteiger partial charge in [-0.2, -0.15) is 5.10 Å². The Morgan fingerprint density at radius 3 is 2.53 bits per heavy atom. The minimum atomic E-state index is -0.592. The minimum Gasteiger partial charge on any atom is -0.493 e. The number of fused-ring (bicyclic) bond motifs is 1. The van der Waals surface area contributed by atoms with Crippen molar-refractivity contribution in [2.24, 2.45) is 5.10 Å². The second-order valence-corrected chi connectivity index (χ2v) is 7.80. The van der Waals surface area contributed by atoms with Crippen LogP contribution in [-0.4, -0.2) is 25.2 Å². The van der Waals surface area contributed by atoms with Gasteiger partial charge in [0.2, 0.25) is 5.91 Å². The first kappa shape index (κ1) is 23.0. The van der Waals surface area contributed by atoms with E-state index in [2.05, 4.69) is 10.5 Å². The zero-order valence-corrected chi connectivity index (χ0v) is 19.1. The number of rotatable bonds is 7. The van der Waals surface area contributed by atoms with Gasteiger partial charge in [-0.25, -0.2) is 10.2 Å². The molecule has 4 aromatic rings. The van der Waals surface area contributed by atoms with E-state index < -0.39 is 5.97 Å². The molecule has 6 nitrogen and oxygen atoms in total. The lowest BCUT2D eigenvalue weighted by Crippen LogP contribution is -2.19. The molecular weight excluding hydrogens is 452 g/mol. The van der Waals surface area contributed by atoms with Gasteiger partial charge in [0.15, 0.2) is 11.5 Å². The van der Waals surface area contributed by atoms with Gasteiger partial charge in [0.25, 0.3) is 0 Å². The molecule has 1 N–H and O–H groups in total. The van der Waals surface area contributed by atoms with Crippen LogP contribution in [0.2, 0.25) is 5.02 Å². The summed E-state index contributed by atoms with van der Waals surface area (Å²) in [5, 5.41) is 6.46. The van der Waals surface area contributed by atoms with Crippen LogP contribution in [0.4, 0.5) is 0 Å². The maximum Gasteiger partial charge on any atom is 0.345 e. The van der Waals surface area contributed by atoms with Crippen molar-refractivity contribution in [3.8, 4) is 11.5 Å². The lowest BCUT2D eigenvalue weighted by molar-refractivity contribution is -0.120. The van der Waals surface area contributed by atoms with Crippen LogP contribution in [0.25, 0.3) is 10.8 Å². The summed E-state index contributed by atoms with van der Waals surface area (Å²) in [4.78, 5) is 24.8. The number of nitrogens with one attached hydrogen (secondary N) is 1. The van der Waals surface area contributed by atoms with E-state index in [0.717, 1.165) is 16.3 Å². The lowest BCUT2D eigenvalue weighted by Gasteiger charge is -2.10. The fourth-order valence-electron chi connectivity index (χ4n) is 3.47. The first-order valence-electron chi connectivity index (χ1n) is 10.5. The van der Waals surface area contributed by atoms with Crippen LogP contribution in [0.5, 0.6) is 11.5 Å². The zero-order chi connectivity index (χ0) is 23.9. The van der Waals surface area contributed by atoms with E-state index in [4.69, 9.17) is 21.1 Å². The standard InChI is InChI=1S/C27H21ClN2O4/c1-33-25-15-18(13-14-24(25)34-27(32)22-11-4-5-12-23(22)28)17-29-30-26(31)16-20-9-6-8-19-7-2-3-10-21(19)20/h2-15,17H,16H2,1H3,(H,30,31)/b29-17-. The van der Waals surface area contributed by atoms with E-state index >= 15 is 0 Å². The minimum absolute atomic E-state index is 0.207. The molecule has 0 aliphatic rings. The predicted molar refractivity (Wildman–Crippen MR) is 133 cm³/mol. The van der Waals surface area contributed by atoms with Crippen molar-refractivity contribution < 1.29 is 19.1 Å². The van der Waals surface area contributed by atoms with E-state index in [-0.39, 0.29) is 23.6 Å². The summed E-state index contributed by atoms with van der Waals surface area (Å²) in [6.45, 7) is 0. The highest BCUT2D eigenvalue weighted by molar-refractivity contribution is 6.33. The molecule has 0 unspecified atom stereocenters. The largest absolute Gasteiger partial charge is 0.493 e. The molecule has 4 aromatic carbocycles. The number of benzene rings is 4. The van der Waals surface area contributed by atoms with Gasteiger partial charge in [-0.3, -0.25) is 4.79 Å². The highest BCUT2D eigenvalue weighted by Gasteiger charge is 2.15. The Balaban J connectivity index is 1.40. The molecule has 0 radical (unpaired) electrons. The number of carbonyl (C=O) groups is 2. The number of carbonyl (C=O) groups excluding carboxylic acids is 2. The number of hydrogen-bond donors (Lipinski definition) is 1. The smallest absolute Gasteiger partial charge is 0.345 e. The van der Waals surface area contributed by atoms with Crippen LogP contribution in [-0.2, 0) is 11.2 Å². The number of halogens is 1. The van der Waals surface area contributed by atoms with Gasteiger partial charge in [-0.15, -0.1) is 0 Å². The molecule has 0 aromatic heterocycles. The summed E-state index contributed by atoms with van der Waals surface area (Å²) in [5.74, 6) is -0.244. The highest BCUT2D eigenvalue weighted by atomic mass is 35.5. The Bertz CT molecular complexity index is 1380. The molecule has 0 heterocycles. The van der Waals surface area contributed by atoms with Gasteiger partial charge in [-0.05, 0) is 52.2 Å². The number of amides is 1. The molecule has 0 atom stereocenters. The molecule has 0 saturated carbocycles. The number of ether oxygens (including phenoxy) is 2. The molecule has 0 spiro atoms. The molecule has 34 heavy (non-hydrogen) atoms. The first-order valence-corrected chi connectivity index (χ1v) is 10.9. The second kappa shape index (κ2) is 10.6. The van der Waals surface area contributed by atoms with Crippen LogP contribution >= 0.6 is 11.6 Å². The van der Waals surface area contributed by atoms with Gasteiger partial charge in [0, 0.05) is 0 Å². The average Bonchev–Trinajstić information content (AvgIpc) is 2.85. The summed E-state index contributed by atoms with van der Waals surface area (Å²) >= 11 is 6.06. The third kappa shape index (κ3) is 5.42. The monoisotopic (exact) mass is 472 g/mol. The topological polar surface area (TPSA) is 77.0 Å². The molecular formula is C27H21ClN2O4. The van der Waals surface area contributed by atoms with Gasteiger partial charge in [0.05, 0.1) is 30.3 Å². The molecule has 0 aliphatic heterocycles. The molecule has 1 amide bonds. The van der Waals surface area contributed by atoms with Crippen molar-refractivity contribution >= 4 is 40.5 Å². The van der Waals surface area contributed by atoms with Crippen LogP contribution < -0.4 is 14.9 Å². The number of hydrogen-bond acceptors (Lipinski definition) is 5. The second-order valence-electron chi connectivity index (χ2n) is 7.39. The van der Waals surface area contributed by atoms with Gasteiger partial charge in [-0.1, -0.05) is 66.2 Å². The predicted octanol–water partition coefficient (Wildman–Crippen LogP) is 5.41. The summed E-state index contributed by atoms with van der Waals surface area (Å²) < 4.78 is 10.8. The van der Waals surface area contributed by atoms with Gasteiger partial charge >= 0.3 is 5.97 Å². The number of methoxy groups -OCH3 is 1. The third-order valence-electron chi connectivity index (χ3n) is 5.12. The van der Waals surface area contributed by atoms with Crippen LogP contribution in [0.3, 0.4) is 0 Å². The first-order chi connectivity index (χ1) is 16.5. The van der Waals surface area contributed by atoms with Gasteiger partial charge < -0.3 is 9.47 Å². The SMILES string of the molecule is COc1cc(/C=N\NC(=O)Cc2cccc3ccccc23)ccc1OC(=O)c1ccccc1Cl. The van der Waals surface area contributed by atoms with E-state index in [9.17, 15) is 9.59 Å². The summed E-state index contributed by atoms with van der Waals surface area (Å²) in [7, 11) is 1.47. The maximum atomic E-state index is 12.4. The third-order valence-corrected chi connectivity index (χ3v) is 5.45. The Kier molecular flexibility index (Phi) is 7.20.